The number of nitrogens with zero attached hydrogens (tertiary/aromatic N) is 4. The Hall–Kier alpha value is -2.44. The van der Waals surface area contributed by atoms with E-state index < -0.39 is 6.10 Å². The predicted octanol–water partition coefficient (Wildman–Crippen LogP) is 2.92. The lowest BCUT2D eigenvalue weighted by Gasteiger charge is -2.26. The summed E-state index contributed by atoms with van der Waals surface area (Å²) in [5, 5.41) is 19.2. The molecule has 1 aromatic carbocycles. The normalized spacial score (nSPS) is 18.9. The van der Waals surface area contributed by atoms with Crippen molar-refractivity contribution in [3.8, 4) is 5.75 Å². The van der Waals surface area contributed by atoms with Crippen molar-refractivity contribution < 1.29 is 9.84 Å². The van der Waals surface area contributed by atoms with E-state index in [2.05, 4.69) is 28.1 Å². The van der Waals surface area contributed by atoms with Crippen LogP contribution < -0.4 is 4.74 Å². The standard InChI is InChI=1S/C21H26N4O2/c1-15-8-9-19(16(2)12-15)27-14-17(26)13-24-10-5-6-18(24)21-23-22-20-7-3-4-11-25(20)21/h3-4,7-9,11-12,17-18,26H,5-6,10,13-14H2,1-2H3/t17-,18-/m1/s1. The lowest BCUT2D eigenvalue weighted by molar-refractivity contribution is 0.0623. The number of ether oxygens (including phenoxy) is 1. The van der Waals surface area contributed by atoms with Crippen molar-refractivity contribution in [3.05, 3.63) is 59.5 Å². The zero-order valence-electron chi connectivity index (χ0n) is 15.9. The average molecular weight is 366 g/mol. The molecule has 2 atom stereocenters. The van der Waals surface area contributed by atoms with E-state index in [1.165, 1.54) is 5.56 Å². The van der Waals surface area contributed by atoms with E-state index in [-0.39, 0.29) is 12.6 Å². The first-order chi connectivity index (χ1) is 13.1. The third kappa shape index (κ3) is 3.82. The minimum Gasteiger partial charge on any atom is -0.491 e. The summed E-state index contributed by atoms with van der Waals surface area (Å²) in [7, 11) is 0. The van der Waals surface area contributed by atoms with Gasteiger partial charge in [-0.25, -0.2) is 0 Å². The van der Waals surface area contributed by atoms with Crippen molar-refractivity contribution in [1.82, 2.24) is 19.5 Å². The molecule has 1 aliphatic rings. The van der Waals surface area contributed by atoms with E-state index >= 15 is 0 Å². The van der Waals surface area contributed by atoms with Crippen LogP contribution in [-0.2, 0) is 0 Å². The molecule has 0 bridgehead atoms. The molecule has 0 spiro atoms. The van der Waals surface area contributed by atoms with E-state index in [9.17, 15) is 5.11 Å². The maximum Gasteiger partial charge on any atom is 0.160 e. The number of hydrogen-bond acceptors (Lipinski definition) is 5. The molecular formula is C21H26N4O2. The monoisotopic (exact) mass is 366 g/mol. The molecule has 6 heteroatoms. The van der Waals surface area contributed by atoms with Gasteiger partial charge in [0.15, 0.2) is 11.5 Å². The molecule has 142 valence electrons. The second-order valence-corrected chi connectivity index (χ2v) is 7.37. The number of pyridine rings is 1. The zero-order valence-corrected chi connectivity index (χ0v) is 15.9. The Labute approximate surface area is 159 Å². The number of hydrogen-bond donors (Lipinski definition) is 1. The summed E-state index contributed by atoms with van der Waals surface area (Å²) in [6, 6.07) is 12.2. The molecule has 0 unspecified atom stereocenters. The number of likely N-dealkylation sites (tertiary alicyclic amines) is 1. The number of rotatable bonds is 6. The summed E-state index contributed by atoms with van der Waals surface area (Å²) in [5.41, 5.74) is 3.16. The van der Waals surface area contributed by atoms with Gasteiger partial charge in [0.25, 0.3) is 0 Å². The molecule has 2 aromatic heterocycles. The minimum atomic E-state index is -0.550. The number of aliphatic hydroxyl groups excluding tert-OH is 1. The Kier molecular flexibility index (Phi) is 5.09. The number of fused-ring (bicyclic) bond motifs is 1. The smallest absolute Gasteiger partial charge is 0.160 e. The van der Waals surface area contributed by atoms with E-state index in [0.29, 0.717) is 6.54 Å². The number of aromatic nitrogens is 3. The lowest BCUT2D eigenvalue weighted by atomic mass is 10.1. The van der Waals surface area contributed by atoms with Crippen molar-refractivity contribution in [2.45, 2.75) is 38.8 Å². The molecule has 1 N–H and O–H groups in total. The first-order valence-corrected chi connectivity index (χ1v) is 9.53. The second kappa shape index (κ2) is 7.66. The van der Waals surface area contributed by atoms with Crippen LogP contribution in [-0.4, -0.2) is 50.4 Å². The van der Waals surface area contributed by atoms with Gasteiger partial charge in [0.2, 0.25) is 0 Å². The minimum absolute atomic E-state index is 0.179. The van der Waals surface area contributed by atoms with Crippen LogP contribution in [0.1, 0.15) is 35.8 Å². The Morgan fingerprint density at radius 2 is 2.11 bits per heavy atom. The first kappa shape index (κ1) is 17.9. The maximum atomic E-state index is 10.5. The van der Waals surface area contributed by atoms with Crippen molar-refractivity contribution in [2.75, 3.05) is 19.7 Å². The van der Waals surface area contributed by atoms with Crippen LogP contribution in [0.3, 0.4) is 0 Å². The molecule has 27 heavy (non-hydrogen) atoms. The van der Waals surface area contributed by atoms with Crippen LogP contribution in [0.4, 0.5) is 0 Å². The van der Waals surface area contributed by atoms with Crippen LogP contribution in [0.5, 0.6) is 5.75 Å². The van der Waals surface area contributed by atoms with Gasteiger partial charge in [-0.1, -0.05) is 23.8 Å². The third-order valence-corrected chi connectivity index (χ3v) is 5.21. The largest absolute Gasteiger partial charge is 0.491 e. The second-order valence-electron chi connectivity index (χ2n) is 7.37. The fourth-order valence-electron chi connectivity index (χ4n) is 3.89. The zero-order chi connectivity index (χ0) is 18.8. The van der Waals surface area contributed by atoms with Crippen LogP contribution in [0.15, 0.2) is 42.6 Å². The summed E-state index contributed by atoms with van der Waals surface area (Å²) in [6.07, 6.45) is 3.57. The van der Waals surface area contributed by atoms with Crippen molar-refractivity contribution in [3.63, 3.8) is 0 Å². The van der Waals surface area contributed by atoms with Gasteiger partial charge in [-0.05, 0) is 57.0 Å². The van der Waals surface area contributed by atoms with Crippen molar-refractivity contribution in [1.29, 1.82) is 0 Å². The molecular weight excluding hydrogens is 340 g/mol. The number of benzene rings is 1. The van der Waals surface area contributed by atoms with Gasteiger partial charge in [-0.3, -0.25) is 9.30 Å². The Morgan fingerprint density at radius 3 is 2.96 bits per heavy atom. The van der Waals surface area contributed by atoms with E-state index in [4.69, 9.17) is 4.74 Å². The Morgan fingerprint density at radius 1 is 1.22 bits per heavy atom. The molecule has 3 aromatic rings. The number of aliphatic hydroxyl groups is 1. The predicted molar refractivity (Wildman–Crippen MR) is 104 cm³/mol. The van der Waals surface area contributed by atoms with Gasteiger partial charge in [-0.2, -0.15) is 0 Å². The van der Waals surface area contributed by atoms with Crippen LogP contribution in [0.25, 0.3) is 5.65 Å². The molecule has 0 radical (unpaired) electrons. The molecule has 0 saturated carbocycles. The van der Waals surface area contributed by atoms with Crippen LogP contribution >= 0.6 is 0 Å². The fourth-order valence-corrected chi connectivity index (χ4v) is 3.89. The van der Waals surface area contributed by atoms with Gasteiger partial charge in [0, 0.05) is 12.7 Å². The van der Waals surface area contributed by atoms with Crippen molar-refractivity contribution >= 4 is 5.65 Å². The van der Waals surface area contributed by atoms with Gasteiger partial charge in [0.05, 0.1) is 6.04 Å². The van der Waals surface area contributed by atoms with Gasteiger partial charge in [-0.15, -0.1) is 10.2 Å². The molecule has 1 aliphatic heterocycles. The molecule has 3 heterocycles. The third-order valence-electron chi connectivity index (χ3n) is 5.21. The summed E-state index contributed by atoms with van der Waals surface area (Å²) < 4.78 is 7.89. The fraction of sp³-hybridized carbons (Fsp3) is 0.429. The van der Waals surface area contributed by atoms with E-state index in [0.717, 1.165) is 42.2 Å². The maximum absolute atomic E-state index is 10.5. The molecule has 1 saturated heterocycles. The molecule has 6 nitrogen and oxygen atoms in total. The van der Waals surface area contributed by atoms with Gasteiger partial charge in [0.1, 0.15) is 18.5 Å². The highest BCUT2D eigenvalue weighted by Crippen LogP contribution is 2.31. The van der Waals surface area contributed by atoms with Gasteiger partial charge >= 0.3 is 0 Å². The Balaban J connectivity index is 1.40. The first-order valence-electron chi connectivity index (χ1n) is 9.53. The quantitative estimate of drug-likeness (QED) is 0.727. The summed E-state index contributed by atoms with van der Waals surface area (Å²) >= 11 is 0. The van der Waals surface area contributed by atoms with Gasteiger partial charge < -0.3 is 9.84 Å². The number of β-amino-alcohol motifs (C(OH)–C–C–N with tert-alkyl or cyclic N) is 1. The number of aryl methyl sites for hydroxylation is 2. The highest BCUT2D eigenvalue weighted by atomic mass is 16.5. The molecule has 0 aliphatic carbocycles. The highest BCUT2D eigenvalue weighted by Gasteiger charge is 2.31. The van der Waals surface area contributed by atoms with Crippen molar-refractivity contribution in [2.24, 2.45) is 0 Å². The molecule has 0 amide bonds. The average Bonchev–Trinajstić information content (AvgIpc) is 3.27. The Bertz CT molecular complexity index is 923. The topological polar surface area (TPSA) is 62.9 Å². The summed E-state index contributed by atoms with van der Waals surface area (Å²) in [6.45, 7) is 5.90. The lowest BCUT2D eigenvalue weighted by Crippen LogP contribution is -2.36. The van der Waals surface area contributed by atoms with E-state index in [1.54, 1.807) is 0 Å². The highest BCUT2D eigenvalue weighted by molar-refractivity contribution is 5.38. The van der Waals surface area contributed by atoms with Crippen LogP contribution in [0, 0.1) is 13.8 Å². The summed E-state index contributed by atoms with van der Waals surface area (Å²) in [4.78, 5) is 2.29. The molecule has 4 rings (SSSR count). The summed E-state index contributed by atoms with van der Waals surface area (Å²) in [5.74, 6) is 1.78. The van der Waals surface area contributed by atoms with Crippen LogP contribution in [0.2, 0.25) is 0 Å². The SMILES string of the molecule is Cc1ccc(OC[C@H](O)CN2CCC[C@@H]2c2nnc3ccccn23)c(C)c1. The van der Waals surface area contributed by atoms with E-state index in [1.807, 2.05) is 47.9 Å². The molecule has 1 fully saturated rings.